The minimum absolute atomic E-state index is 0.255. The molecule has 0 saturated heterocycles. The highest BCUT2D eigenvalue weighted by molar-refractivity contribution is 5.53. The molecule has 3 N–H and O–H groups in total. The summed E-state index contributed by atoms with van der Waals surface area (Å²) in [6.07, 6.45) is 1.38. The first-order chi connectivity index (χ1) is 6.57. The molecule has 0 unspecified atom stereocenters. The highest BCUT2D eigenvalue weighted by Gasteiger charge is 2.21. The second kappa shape index (κ2) is 3.89. The number of phenols is 1. The van der Waals surface area contributed by atoms with Crippen LogP contribution in [0.15, 0.2) is 30.9 Å². The Bertz CT molecular complexity index is 376. The van der Waals surface area contributed by atoms with Gasteiger partial charge in [-0.3, -0.25) is 10.1 Å². The van der Waals surface area contributed by atoms with E-state index in [0.29, 0.717) is 0 Å². The zero-order chi connectivity index (χ0) is 10.7. The summed E-state index contributed by atoms with van der Waals surface area (Å²) < 4.78 is 0. The summed E-state index contributed by atoms with van der Waals surface area (Å²) in [5.41, 5.74) is 5.46. The van der Waals surface area contributed by atoms with Crippen molar-refractivity contribution in [3.05, 3.63) is 46.5 Å². The molecule has 0 amide bonds. The first kappa shape index (κ1) is 10.2. The number of nitrogens with two attached hydrogens (primary N) is 1. The fourth-order valence-corrected chi connectivity index (χ4v) is 1.14. The minimum Gasteiger partial charge on any atom is -0.502 e. The van der Waals surface area contributed by atoms with E-state index in [1.807, 2.05) is 0 Å². The molecule has 14 heavy (non-hydrogen) atoms. The van der Waals surface area contributed by atoms with Crippen molar-refractivity contribution in [1.29, 1.82) is 0 Å². The van der Waals surface area contributed by atoms with Gasteiger partial charge in [0, 0.05) is 0 Å². The van der Waals surface area contributed by atoms with Gasteiger partial charge in [0.1, 0.15) is 0 Å². The van der Waals surface area contributed by atoms with Gasteiger partial charge in [0.05, 0.1) is 16.5 Å². The van der Waals surface area contributed by atoms with Gasteiger partial charge >= 0.3 is 5.69 Å². The summed E-state index contributed by atoms with van der Waals surface area (Å²) in [7, 11) is 0. The standard InChI is InChI=1S/C9H10N2O3/c1-2-7(10)6-4-3-5-8(12)9(6)11(13)14/h2-5,7,12H,1,10H2/t7-/m0/s1. The molecule has 5 nitrogen and oxygen atoms in total. The molecule has 74 valence electrons. The fourth-order valence-electron chi connectivity index (χ4n) is 1.14. The first-order valence-corrected chi connectivity index (χ1v) is 3.92. The molecule has 1 rings (SSSR count). The predicted octanol–water partition coefficient (Wildman–Crippen LogP) is 1.49. The molecule has 1 atom stereocenters. The average Bonchev–Trinajstić information content (AvgIpc) is 2.15. The second-order valence-corrected chi connectivity index (χ2v) is 2.73. The molecule has 0 radical (unpaired) electrons. The first-order valence-electron chi connectivity index (χ1n) is 3.92. The molecule has 1 aromatic carbocycles. The average molecular weight is 194 g/mol. The van der Waals surface area contributed by atoms with E-state index in [1.54, 1.807) is 0 Å². The number of benzene rings is 1. The van der Waals surface area contributed by atoms with Crippen LogP contribution in [0.5, 0.6) is 5.75 Å². The number of aromatic hydroxyl groups is 1. The summed E-state index contributed by atoms with van der Waals surface area (Å²) in [4.78, 5) is 9.96. The topological polar surface area (TPSA) is 89.4 Å². The lowest BCUT2D eigenvalue weighted by Gasteiger charge is -2.07. The van der Waals surface area contributed by atoms with Crippen LogP contribution in [-0.4, -0.2) is 10.0 Å². The lowest BCUT2D eigenvalue weighted by atomic mass is 10.1. The lowest BCUT2D eigenvalue weighted by Crippen LogP contribution is -2.09. The van der Waals surface area contributed by atoms with Crippen molar-refractivity contribution in [2.24, 2.45) is 5.73 Å². The zero-order valence-electron chi connectivity index (χ0n) is 7.38. The Morgan fingerprint density at radius 2 is 2.29 bits per heavy atom. The molecule has 0 spiro atoms. The number of phenolic OH excluding ortho intramolecular Hbond substituents is 1. The Kier molecular flexibility index (Phi) is 2.83. The van der Waals surface area contributed by atoms with E-state index in [0.717, 1.165) is 0 Å². The molecule has 0 aliphatic carbocycles. The molecular weight excluding hydrogens is 184 g/mol. The Labute approximate surface area is 80.6 Å². The van der Waals surface area contributed by atoms with E-state index < -0.39 is 11.0 Å². The lowest BCUT2D eigenvalue weighted by molar-refractivity contribution is -0.386. The summed E-state index contributed by atoms with van der Waals surface area (Å²) in [5, 5.41) is 19.9. The van der Waals surface area contributed by atoms with Crippen molar-refractivity contribution in [3.8, 4) is 5.75 Å². The molecule has 0 aliphatic heterocycles. The van der Waals surface area contributed by atoms with Gasteiger partial charge in [-0.2, -0.15) is 0 Å². The van der Waals surface area contributed by atoms with Gasteiger partial charge in [-0.15, -0.1) is 6.58 Å². The summed E-state index contributed by atoms with van der Waals surface area (Å²) in [6.45, 7) is 3.44. The molecule has 0 aromatic heterocycles. The van der Waals surface area contributed by atoms with Gasteiger partial charge in [0.15, 0.2) is 5.75 Å². The van der Waals surface area contributed by atoms with Crippen LogP contribution in [0.2, 0.25) is 0 Å². The Hall–Kier alpha value is -1.88. The van der Waals surface area contributed by atoms with Crippen molar-refractivity contribution in [3.63, 3.8) is 0 Å². The number of rotatable bonds is 3. The van der Waals surface area contributed by atoms with Gasteiger partial charge in [0.25, 0.3) is 0 Å². The summed E-state index contributed by atoms with van der Waals surface area (Å²) in [6, 6.07) is 3.59. The monoisotopic (exact) mass is 194 g/mol. The van der Waals surface area contributed by atoms with E-state index in [-0.39, 0.29) is 17.0 Å². The van der Waals surface area contributed by atoms with Crippen LogP contribution in [-0.2, 0) is 0 Å². The summed E-state index contributed by atoms with van der Waals surface area (Å²) in [5.74, 6) is -0.384. The van der Waals surface area contributed by atoms with E-state index in [2.05, 4.69) is 6.58 Å². The van der Waals surface area contributed by atoms with Crippen LogP contribution >= 0.6 is 0 Å². The smallest absolute Gasteiger partial charge is 0.315 e. The Morgan fingerprint density at radius 1 is 1.64 bits per heavy atom. The molecular formula is C9H10N2O3. The number of nitro benzene ring substituents is 1. The second-order valence-electron chi connectivity index (χ2n) is 2.73. The van der Waals surface area contributed by atoms with E-state index >= 15 is 0 Å². The van der Waals surface area contributed by atoms with Gasteiger partial charge < -0.3 is 10.8 Å². The number of para-hydroxylation sites is 1. The van der Waals surface area contributed by atoms with E-state index in [9.17, 15) is 15.2 Å². The number of nitrogens with zero attached hydrogens (tertiary/aromatic N) is 1. The van der Waals surface area contributed by atoms with Crippen LogP contribution in [0, 0.1) is 10.1 Å². The highest BCUT2D eigenvalue weighted by atomic mass is 16.6. The SMILES string of the molecule is C=C[C@H](N)c1cccc(O)c1[N+](=O)[O-]. The van der Waals surface area contributed by atoms with E-state index in [1.165, 1.54) is 24.3 Å². The van der Waals surface area contributed by atoms with Crippen molar-refractivity contribution in [2.75, 3.05) is 0 Å². The highest BCUT2D eigenvalue weighted by Crippen LogP contribution is 2.32. The molecule has 0 bridgehead atoms. The van der Waals surface area contributed by atoms with Crippen molar-refractivity contribution < 1.29 is 10.0 Å². The number of hydrogen-bond donors (Lipinski definition) is 2. The minimum atomic E-state index is -0.659. The van der Waals surface area contributed by atoms with Crippen LogP contribution in [0.25, 0.3) is 0 Å². The largest absolute Gasteiger partial charge is 0.502 e. The van der Waals surface area contributed by atoms with E-state index in [4.69, 9.17) is 5.73 Å². The van der Waals surface area contributed by atoms with Gasteiger partial charge in [-0.1, -0.05) is 12.1 Å². The summed E-state index contributed by atoms with van der Waals surface area (Å²) >= 11 is 0. The third kappa shape index (κ3) is 1.72. The van der Waals surface area contributed by atoms with Crippen LogP contribution < -0.4 is 5.73 Å². The fraction of sp³-hybridized carbons (Fsp3) is 0.111. The van der Waals surface area contributed by atoms with Crippen LogP contribution in [0.3, 0.4) is 0 Å². The quantitative estimate of drug-likeness (QED) is 0.433. The molecule has 1 aromatic rings. The molecule has 0 saturated carbocycles. The molecule has 0 fully saturated rings. The van der Waals surface area contributed by atoms with Crippen molar-refractivity contribution >= 4 is 5.69 Å². The Morgan fingerprint density at radius 3 is 2.79 bits per heavy atom. The molecule has 0 heterocycles. The third-order valence-electron chi connectivity index (χ3n) is 1.84. The number of hydrogen-bond acceptors (Lipinski definition) is 4. The van der Waals surface area contributed by atoms with Gasteiger partial charge in [-0.05, 0) is 12.1 Å². The van der Waals surface area contributed by atoms with Crippen molar-refractivity contribution in [2.45, 2.75) is 6.04 Å². The maximum Gasteiger partial charge on any atom is 0.315 e. The van der Waals surface area contributed by atoms with Crippen LogP contribution in [0.4, 0.5) is 5.69 Å². The predicted molar refractivity (Wildman–Crippen MR) is 51.9 cm³/mol. The van der Waals surface area contributed by atoms with Crippen LogP contribution in [0.1, 0.15) is 11.6 Å². The molecule has 0 aliphatic rings. The molecule has 5 heteroatoms. The Balaban J connectivity index is 3.35. The zero-order valence-corrected chi connectivity index (χ0v) is 7.38. The maximum atomic E-state index is 10.6. The van der Waals surface area contributed by atoms with Gasteiger partial charge in [-0.25, -0.2) is 0 Å². The number of nitro groups is 1. The van der Waals surface area contributed by atoms with Crippen molar-refractivity contribution in [1.82, 2.24) is 0 Å². The van der Waals surface area contributed by atoms with Gasteiger partial charge in [0.2, 0.25) is 0 Å². The normalized spacial score (nSPS) is 12.1. The maximum absolute atomic E-state index is 10.6. The third-order valence-corrected chi connectivity index (χ3v) is 1.84.